The molecule has 0 radical (unpaired) electrons. The van der Waals surface area contributed by atoms with Crippen LogP contribution in [0.15, 0.2) is 29.2 Å². The first-order chi connectivity index (χ1) is 8.31. The van der Waals surface area contributed by atoms with Crippen molar-refractivity contribution in [2.45, 2.75) is 44.8 Å². The summed E-state index contributed by atoms with van der Waals surface area (Å²) in [6.07, 6.45) is -0.313. The van der Waals surface area contributed by atoms with Gasteiger partial charge in [-0.15, -0.1) is 0 Å². The molecule has 0 saturated carbocycles. The largest absolute Gasteiger partial charge is 0.399 e. The maximum absolute atomic E-state index is 12.6. The molecule has 4 nitrogen and oxygen atoms in total. The van der Waals surface area contributed by atoms with E-state index in [0.717, 1.165) is 16.3 Å². The average Bonchev–Trinajstić information content (AvgIpc) is 2.18. The van der Waals surface area contributed by atoms with Crippen LogP contribution in [-0.4, -0.2) is 12.2 Å². The molecule has 0 heterocycles. The highest BCUT2D eigenvalue weighted by molar-refractivity contribution is 8.55. The molecule has 0 spiro atoms. The Balaban J connectivity index is 2.84. The van der Waals surface area contributed by atoms with Gasteiger partial charge in [-0.05, 0) is 63.3 Å². The topological polar surface area (TPSA) is 61.5 Å². The van der Waals surface area contributed by atoms with Crippen LogP contribution in [0.4, 0.5) is 5.69 Å². The van der Waals surface area contributed by atoms with Crippen molar-refractivity contribution in [3.8, 4) is 0 Å². The van der Waals surface area contributed by atoms with Gasteiger partial charge >= 0.3 is 6.80 Å². The molecule has 0 aliphatic rings. The van der Waals surface area contributed by atoms with Gasteiger partial charge in [0.15, 0.2) is 0 Å². The summed E-state index contributed by atoms with van der Waals surface area (Å²) in [7, 11) is 0. The Labute approximate surface area is 113 Å². The molecule has 0 saturated heterocycles. The molecule has 0 aliphatic heterocycles. The first-order valence-electron chi connectivity index (χ1n) is 5.83. The lowest BCUT2D eigenvalue weighted by molar-refractivity contribution is 0.156. The summed E-state index contributed by atoms with van der Waals surface area (Å²) in [5.41, 5.74) is 6.28. The van der Waals surface area contributed by atoms with E-state index in [2.05, 4.69) is 0 Å². The maximum atomic E-state index is 12.6. The highest BCUT2D eigenvalue weighted by atomic mass is 32.7. The van der Waals surface area contributed by atoms with Crippen LogP contribution in [0.1, 0.15) is 27.7 Å². The summed E-state index contributed by atoms with van der Waals surface area (Å²) >= 11 is 1.11. The van der Waals surface area contributed by atoms with Gasteiger partial charge in [0.2, 0.25) is 0 Å². The van der Waals surface area contributed by atoms with Gasteiger partial charge in [-0.3, -0.25) is 9.05 Å². The van der Waals surface area contributed by atoms with Crippen molar-refractivity contribution in [2.24, 2.45) is 0 Å². The molecule has 0 bridgehead atoms. The second-order valence-electron chi connectivity index (χ2n) is 4.42. The third-order valence-electron chi connectivity index (χ3n) is 1.78. The van der Waals surface area contributed by atoms with Crippen LogP contribution in [0.5, 0.6) is 0 Å². The molecule has 0 atom stereocenters. The third-order valence-corrected chi connectivity index (χ3v) is 5.66. The Morgan fingerprint density at radius 1 is 1.06 bits per heavy atom. The molecule has 0 aromatic heterocycles. The zero-order valence-corrected chi connectivity index (χ0v) is 12.8. The van der Waals surface area contributed by atoms with Crippen LogP contribution in [0, 0.1) is 0 Å². The average molecular weight is 289 g/mol. The zero-order chi connectivity index (χ0) is 13.8. The van der Waals surface area contributed by atoms with Crippen molar-refractivity contribution < 1.29 is 13.6 Å². The summed E-state index contributed by atoms with van der Waals surface area (Å²) in [6, 6.07) is 7.13. The molecule has 0 amide bonds. The van der Waals surface area contributed by atoms with Gasteiger partial charge < -0.3 is 5.73 Å². The van der Waals surface area contributed by atoms with Gasteiger partial charge in [-0.2, -0.15) is 0 Å². The van der Waals surface area contributed by atoms with Crippen molar-refractivity contribution >= 4 is 23.9 Å². The molecule has 1 aromatic carbocycles. The number of rotatable bonds is 6. The van der Waals surface area contributed by atoms with E-state index in [1.165, 1.54) is 0 Å². The normalized spacial score (nSPS) is 12.3. The second kappa shape index (κ2) is 6.62. The van der Waals surface area contributed by atoms with Gasteiger partial charge in [0, 0.05) is 10.6 Å². The molecular formula is C12H20NO3PS. The van der Waals surface area contributed by atoms with Crippen LogP contribution in [0.3, 0.4) is 0 Å². The molecule has 0 fully saturated rings. The van der Waals surface area contributed by atoms with Gasteiger partial charge in [0.1, 0.15) is 0 Å². The summed E-state index contributed by atoms with van der Waals surface area (Å²) in [4.78, 5) is 0.814. The Morgan fingerprint density at radius 2 is 1.50 bits per heavy atom. The van der Waals surface area contributed by atoms with E-state index in [-0.39, 0.29) is 12.2 Å². The first kappa shape index (κ1) is 15.6. The van der Waals surface area contributed by atoms with Crippen LogP contribution in [0.25, 0.3) is 0 Å². The van der Waals surface area contributed by atoms with Crippen LogP contribution >= 0.6 is 18.2 Å². The number of anilines is 1. The second-order valence-corrected chi connectivity index (χ2v) is 8.28. The summed E-state index contributed by atoms with van der Waals surface area (Å²) in [5, 5.41) is 0. The monoisotopic (exact) mass is 289 g/mol. The van der Waals surface area contributed by atoms with E-state index in [4.69, 9.17) is 14.8 Å². The predicted octanol–water partition coefficient (Wildman–Crippen LogP) is 4.32. The van der Waals surface area contributed by atoms with Crippen LogP contribution in [0.2, 0.25) is 0 Å². The molecule has 0 aliphatic carbocycles. The number of nitrogen functional groups attached to an aromatic ring is 1. The zero-order valence-electron chi connectivity index (χ0n) is 11.1. The number of benzene rings is 1. The highest BCUT2D eigenvalue weighted by Gasteiger charge is 2.29. The van der Waals surface area contributed by atoms with Crippen LogP contribution < -0.4 is 5.73 Å². The first-order valence-corrected chi connectivity index (χ1v) is 8.79. The molecular weight excluding hydrogens is 269 g/mol. The number of hydrogen-bond donors (Lipinski definition) is 1. The van der Waals surface area contributed by atoms with Crippen molar-refractivity contribution in [1.29, 1.82) is 0 Å². The predicted molar refractivity (Wildman–Crippen MR) is 76.8 cm³/mol. The fourth-order valence-corrected chi connectivity index (χ4v) is 5.36. The summed E-state index contributed by atoms with van der Waals surface area (Å²) in [5.74, 6) is 0. The fraction of sp³-hybridized carbons (Fsp3) is 0.500. The van der Waals surface area contributed by atoms with Gasteiger partial charge in [0.05, 0.1) is 12.2 Å². The van der Waals surface area contributed by atoms with E-state index in [1.54, 1.807) is 24.3 Å². The van der Waals surface area contributed by atoms with E-state index >= 15 is 0 Å². The molecule has 102 valence electrons. The fourth-order valence-electron chi connectivity index (χ4n) is 1.24. The lowest BCUT2D eigenvalue weighted by Gasteiger charge is -2.21. The minimum absolute atomic E-state index is 0.157. The minimum atomic E-state index is -3.19. The van der Waals surface area contributed by atoms with Crippen molar-refractivity contribution in [3.63, 3.8) is 0 Å². The quantitative estimate of drug-likeness (QED) is 0.624. The van der Waals surface area contributed by atoms with Crippen molar-refractivity contribution in [2.75, 3.05) is 5.73 Å². The van der Waals surface area contributed by atoms with Crippen molar-refractivity contribution in [1.82, 2.24) is 0 Å². The van der Waals surface area contributed by atoms with Crippen molar-refractivity contribution in [3.05, 3.63) is 24.3 Å². The van der Waals surface area contributed by atoms with E-state index < -0.39 is 6.80 Å². The van der Waals surface area contributed by atoms with Gasteiger partial charge in [0.25, 0.3) is 0 Å². The van der Waals surface area contributed by atoms with Gasteiger partial charge in [-0.1, -0.05) is 0 Å². The Hall–Kier alpha value is -0.480. The molecule has 18 heavy (non-hydrogen) atoms. The number of nitrogens with two attached hydrogens (primary N) is 1. The summed E-state index contributed by atoms with van der Waals surface area (Å²) in [6.45, 7) is 4.14. The SMILES string of the molecule is CC(C)OP(=O)(OC(C)C)Sc1ccc(N)cc1. The molecule has 1 rings (SSSR count). The molecule has 0 unspecified atom stereocenters. The number of hydrogen-bond acceptors (Lipinski definition) is 5. The van der Waals surface area contributed by atoms with Gasteiger partial charge in [-0.25, -0.2) is 4.57 Å². The van der Waals surface area contributed by atoms with E-state index in [1.807, 2.05) is 27.7 Å². The standard InChI is InChI=1S/C12H20NO3PS/c1-9(2)15-17(14,16-10(3)4)18-12-7-5-11(13)6-8-12/h5-10H,13H2,1-4H3. The van der Waals surface area contributed by atoms with E-state index in [0.29, 0.717) is 5.69 Å². The minimum Gasteiger partial charge on any atom is -0.399 e. The van der Waals surface area contributed by atoms with Crippen LogP contribution in [-0.2, 0) is 13.6 Å². The lowest BCUT2D eigenvalue weighted by atomic mass is 10.3. The highest BCUT2D eigenvalue weighted by Crippen LogP contribution is 2.64. The molecule has 2 N–H and O–H groups in total. The van der Waals surface area contributed by atoms with E-state index in [9.17, 15) is 4.57 Å². The third kappa shape index (κ3) is 5.44. The Kier molecular flexibility index (Phi) is 5.73. The lowest BCUT2D eigenvalue weighted by Crippen LogP contribution is -2.05. The smallest absolute Gasteiger partial charge is 0.394 e. The molecule has 6 heteroatoms. The maximum Gasteiger partial charge on any atom is 0.394 e. The molecule has 1 aromatic rings. The Morgan fingerprint density at radius 3 is 1.89 bits per heavy atom. The Bertz CT molecular complexity index is 406. The summed E-state index contributed by atoms with van der Waals surface area (Å²) < 4.78 is 23.5.